The largest absolute Gasteiger partial charge is 0.481 e. The molecule has 0 radical (unpaired) electrons. The first-order chi connectivity index (χ1) is 9.00. The molecular weight excluding hydrogens is 246 g/mol. The van der Waals surface area contributed by atoms with Crippen molar-refractivity contribution < 1.29 is 19.4 Å². The van der Waals surface area contributed by atoms with E-state index in [0.29, 0.717) is 18.7 Å². The van der Waals surface area contributed by atoms with Crippen molar-refractivity contribution in [2.24, 2.45) is 0 Å². The van der Waals surface area contributed by atoms with Gasteiger partial charge in [-0.05, 0) is 25.5 Å². The van der Waals surface area contributed by atoms with E-state index in [1.54, 1.807) is 26.1 Å². The van der Waals surface area contributed by atoms with Crippen molar-refractivity contribution in [3.8, 4) is 5.75 Å². The van der Waals surface area contributed by atoms with Gasteiger partial charge in [0.2, 0.25) is 0 Å². The van der Waals surface area contributed by atoms with E-state index in [9.17, 15) is 9.59 Å². The Hall–Kier alpha value is -2.04. The van der Waals surface area contributed by atoms with Crippen LogP contribution in [-0.4, -0.2) is 41.6 Å². The first-order valence-electron chi connectivity index (χ1n) is 6.19. The predicted octanol–water partition coefficient (Wildman–Crippen LogP) is 1.78. The maximum Gasteiger partial charge on any atom is 0.303 e. The molecule has 5 heteroatoms. The maximum absolute atomic E-state index is 12.0. The minimum absolute atomic E-state index is 0.0611. The van der Waals surface area contributed by atoms with Crippen molar-refractivity contribution in [1.82, 2.24) is 4.90 Å². The van der Waals surface area contributed by atoms with Gasteiger partial charge in [0.1, 0.15) is 5.75 Å². The second kappa shape index (κ2) is 7.41. The average molecular weight is 265 g/mol. The Morgan fingerprint density at radius 3 is 2.53 bits per heavy atom. The summed E-state index contributed by atoms with van der Waals surface area (Å²) in [6.45, 7) is 2.09. The molecule has 0 fully saturated rings. The number of likely N-dealkylation sites (N-methyl/N-ethyl adjacent to an activating group) is 1. The second-order valence-electron chi connectivity index (χ2n) is 4.33. The molecule has 0 aliphatic heterocycles. The Morgan fingerprint density at radius 2 is 1.95 bits per heavy atom. The molecule has 0 bridgehead atoms. The molecule has 0 saturated carbocycles. The summed E-state index contributed by atoms with van der Waals surface area (Å²) in [6.07, 6.45) is -0.0847. The van der Waals surface area contributed by atoms with Gasteiger partial charge in [0, 0.05) is 20.0 Å². The molecule has 1 N–H and O–H groups in total. The zero-order valence-electron chi connectivity index (χ0n) is 11.2. The Labute approximate surface area is 112 Å². The van der Waals surface area contributed by atoms with E-state index in [1.807, 2.05) is 18.2 Å². The van der Waals surface area contributed by atoms with E-state index in [-0.39, 0.29) is 12.3 Å². The SMILES string of the molecule is CC(Oc1ccccc1)C(=O)N(C)CCCC(=O)O. The lowest BCUT2D eigenvalue weighted by Gasteiger charge is -2.21. The lowest BCUT2D eigenvalue weighted by atomic mass is 10.2. The van der Waals surface area contributed by atoms with Crippen LogP contribution in [-0.2, 0) is 9.59 Å². The maximum atomic E-state index is 12.0. The molecule has 1 rings (SSSR count). The average Bonchev–Trinajstić information content (AvgIpc) is 2.38. The fraction of sp³-hybridized carbons (Fsp3) is 0.429. The van der Waals surface area contributed by atoms with Gasteiger partial charge in [-0.15, -0.1) is 0 Å². The number of para-hydroxylation sites is 1. The lowest BCUT2D eigenvalue weighted by Crippen LogP contribution is -2.38. The third-order valence-electron chi connectivity index (χ3n) is 2.66. The van der Waals surface area contributed by atoms with Gasteiger partial charge in [0.05, 0.1) is 0 Å². The molecule has 1 amide bonds. The molecule has 104 valence electrons. The standard InChI is InChI=1S/C14H19NO4/c1-11(19-12-7-4-3-5-8-12)14(18)15(2)10-6-9-13(16)17/h3-5,7-8,11H,6,9-10H2,1-2H3,(H,16,17). The fourth-order valence-corrected chi connectivity index (χ4v) is 1.64. The lowest BCUT2D eigenvalue weighted by molar-refractivity contribution is -0.139. The Balaban J connectivity index is 2.41. The van der Waals surface area contributed by atoms with Gasteiger partial charge < -0.3 is 14.7 Å². The third kappa shape index (κ3) is 5.42. The zero-order valence-corrected chi connectivity index (χ0v) is 11.2. The molecule has 0 aliphatic carbocycles. The summed E-state index contributed by atoms with van der Waals surface area (Å²) >= 11 is 0. The van der Waals surface area contributed by atoms with Crippen LogP contribution in [0, 0.1) is 0 Å². The summed E-state index contributed by atoms with van der Waals surface area (Å²) in [6, 6.07) is 9.12. The van der Waals surface area contributed by atoms with E-state index in [0.717, 1.165) is 0 Å². The van der Waals surface area contributed by atoms with Crippen LogP contribution in [0.5, 0.6) is 5.75 Å². The topological polar surface area (TPSA) is 66.8 Å². The molecule has 0 aliphatic rings. The first-order valence-corrected chi connectivity index (χ1v) is 6.19. The highest BCUT2D eigenvalue weighted by molar-refractivity contribution is 5.80. The summed E-state index contributed by atoms with van der Waals surface area (Å²) in [5.41, 5.74) is 0. The van der Waals surface area contributed by atoms with Crippen LogP contribution in [0.1, 0.15) is 19.8 Å². The van der Waals surface area contributed by atoms with Crippen LogP contribution in [0.4, 0.5) is 0 Å². The minimum Gasteiger partial charge on any atom is -0.481 e. The molecule has 0 spiro atoms. The summed E-state index contributed by atoms with van der Waals surface area (Å²) < 4.78 is 5.52. The summed E-state index contributed by atoms with van der Waals surface area (Å²) in [5.74, 6) is -0.369. The van der Waals surface area contributed by atoms with Crippen LogP contribution < -0.4 is 4.74 Å². The number of benzene rings is 1. The number of rotatable bonds is 7. The number of carbonyl (C=O) groups excluding carboxylic acids is 1. The number of aliphatic carboxylic acids is 1. The van der Waals surface area contributed by atoms with Gasteiger partial charge >= 0.3 is 5.97 Å². The molecule has 1 aromatic rings. The van der Waals surface area contributed by atoms with Crippen molar-refractivity contribution in [1.29, 1.82) is 0 Å². The minimum atomic E-state index is -0.852. The predicted molar refractivity (Wildman–Crippen MR) is 71.0 cm³/mol. The highest BCUT2D eigenvalue weighted by atomic mass is 16.5. The van der Waals surface area contributed by atoms with Gasteiger partial charge in [-0.1, -0.05) is 18.2 Å². The number of amides is 1. The quantitative estimate of drug-likeness (QED) is 0.816. The highest BCUT2D eigenvalue weighted by Gasteiger charge is 2.18. The second-order valence-corrected chi connectivity index (χ2v) is 4.33. The number of carboxylic acids is 1. The van der Waals surface area contributed by atoms with Crippen molar-refractivity contribution in [2.45, 2.75) is 25.9 Å². The summed E-state index contributed by atoms with van der Waals surface area (Å²) in [7, 11) is 1.65. The number of hydrogen-bond acceptors (Lipinski definition) is 3. The molecular formula is C14H19NO4. The van der Waals surface area contributed by atoms with Gasteiger partial charge in [0.15, 0.2) is 6.10 Å². The number of carbonyl (C=O) groups is 2. The van der Waals surface area contributed by atoms with Gasteiger partial charge in [-0.3, -0.25) is 9.59 Å². The number of nitrogens with zero attached hydrogens (tertiary/aromatic N) is 1. The highest BCUT2D eigenvalue weighted by Crippen LogP contribution is 2.11. The molecule has 0 heterocycles. The Kier molecular flexibility index (Phi) is 5.85. The van der Waals surface area contributed by atoms with Crippen molar-refractivity contribution in [2.75, 3.05) is 13.6 Å². The van der Waals surface area contributed by atoms with Crippen LogP contribution in [0.2, 0.25) is 0 Å². The van der Waals surface area contributed by atoms with Crippen LogP contribution in [0.3, 0.4) is 0 Å². The number of carboxylic acid groups (broad SMARTS) is 1. The fourth-order valence-electron chi connectivity index (χ4n) is 1.64. The molecule has 19 heavy (non-hydrogen) atoms. The van der Waals surface area contributed by atoms with E-state index in [2.05, 4.69) is 0 Å². The first kappa shape index (κ1) is 15.0. The molecule has 1 aromatic carbocycles. The number of hydrogen-bond donors (Lipinski definition) is 1. The summed E-state index contributed by atoms with van der Waals surface area (Å²) in [4.78, 5) is 23.9. The Bertz CT molecular complexity index is 419. The molecule has 1 atom stereocenters. The summed E-state index contributed by atoms with van der Waals surface area (Å²) in [5, 5.41) is 8.54. The van der Waals surface area contributed by atoms with Crippen LogP contribution in [0.15, 0.2) is 30.3 Å². The van der Waals surface area contributed by atoms with E-state index >= 15 is 0 Å². The van der Waals surface area contributed by atoms with Gasteiger partial charge in [-0.25, -0.2) is 0 Å². The van der Waals surface area contributed by atoms with Crippen molar-refractivity contribution in [3.63, 3.8) is 0 Å². The normalized spacial score (nSPS) is 11.7. The third-order valence-corrected chi connectivity index (χ3v) is 2.66. The van der Waals surface area contributed by atoms with E-state index in [1.165, 1.54) is 4.90 Å². The molecule has 1 unspecified atom stereocenters. The zero-order chi connectivity index (χ0) is 14.3. The van der Waals surface area contributed by atoms with Crippen molar-refractivity contribution in [3.05, 3.63) is 30.3 Å². The Morgan fingerprint density at radius 1 is 1.32 bits per heavy atom. The molecule has 0 saturated heterocycles. The smallest absolute Gasteiger partial charge is 0.303 e. The van der Waals surface area contributed by atoms with E-state index < -0.39 is 12.1 Å². The van der Waals surface area contributed by atoms with Crippen LogP contribution >= 0.6 is 0 Å². The molecule has 0 aromatic heterocycles. The van der Waals surface area contributed by atoms with Crippen LogP contribution in [0.25, 0.3) is 0 Å². The van der Waals surface area contributed by atoms with Gasteiger partial charge in [-0.2, -0.15) is 0 Å². The van der Waals surface area contributed by atoms with Crippen molar-refractivity contribution >= 4 is 11.9 Å². The monoisotopic (exact) mass is 265 g/mol. The molecule has 5 nitrogen and oxygen atoms in total. The van der Waals surface area contributed by atoms with Gasteiger partial charge in [0.25, 0.3) is 5.91 Å². The number of ether oxygens (including phenoxy) is 1. The van der Waals surface area contributed by atoms with E-state index in [4.69, 9.17) is 9.84 Å².